The number of nitrogens with zero attached hydrogens (tertiary/aromatic N) is 2. The Balaban J connectivity index is 1.96. The molecule has 2 amide bonds. The molecule has 0 aromatic heterocycles. The van der Waals surface area contributed by atoms with Crippen LogP contribution >= 0.6 is 0 Å². The van der Waals surface area contributed by atoms with E-state index >= 15 is 0 Å². The first-order valence-electron chi connectivity index (χ1n) is 6.76. The number of ether oxygens (including phenoxy) is 1. The Morgan fingerprint density at radius 3 is 2.63 bits per heavy atom. The maximum absolute atomic E-state index is 12.4. The third-order valence-corrected chi connectivity index (χ3v) is 4.24. The van der Waals surface area contributed by atoms with Gasteiger partial charge in [-0.25, -0.2) is 4.79 Å². The monoisotopic (exact) mass is 270 g/mol. The van der Waals surface area contributed by atoms with Gasteiger partial charge in [-0.05, 0) is 26.2 Å². The van der Waals surface area contributed by atoms with Crippen LogP contribution in [-0.2, 0) is 9.53 Å². The van der Waals surface area contributed by atoms with E-state index in [-0.39, 0.29) is 12.1 Å². The number of methoxy groups -OCH3 is 1. The third-order valence-electron chi connectivity index (χ3n) is 4.24. The zero-order valence-electron chi connectivity index (χ0n) is 11.6. The summed E-state index contributed by atoms with van der Waals surface area (Å²) in [7, 11) is 1.66. The Kier molecular flexibility index (Phi) is 3.99. The van der Waals surface area contributed by atoms with Crippen molar-refractivity contribution < 1.29 is 19.4 Å². The van der Waals surface area contributed by atoms with Crippen LogP contribution in [0.1, 0.15) is 26.2 Å². The smallest absolute Gasteiger partial charge is 0.320 e. The highest BCUT2D eigenvalue weighted by molar-refractivity contribution is 5.79. The van der Waals surface area contributed by atoms with Gasteiger partial charge in [-0.15, -0.1) is 0 Å². The number of amides is 2. The Labute approximate surface area is 113 Å². The van der Waals surface area contributed by atoms with Gasteiger partial charge in [0.1, 0.15) is 0 Å². The van der Waals surface area contributed by atoms with Gasteiger partial charge in [0.05, 0.1) is 11.5 Å². The molecule has 6 nitrogen and oxygen atoms in total. The minimum absolute atomic E-state index is 0.0493. The Hall–Kier alpha value is -1.30. The lowest BCUT2D eigenvalue weighted by atomic mass is 9.90. The fourth-order valence-corrected chi connectivity index (χ4v) is 2.80. The lowest BCUT2D eigenvalue weighted by molar-refractivity contribution is -0.147. The minimum Gasteiger partial charge on any atom is -0.481 e. The Morgan fingerprint density at radius 2 is 2.05 bits per heavy atom. The van der Waals surface area contributed by atoms with Gasteiger partial charge >= 0.3 is 12.0 Å². The number of carboxylic acid groups (broad SMARTS) is 1. The zero-order chi connectivity index (χ0) is 14.0. The van der Waals surface area contributed by atoms with Crippen molar-refractivity contribution in [1.82, 2.24) is 9.80 Å². The van der Waals surface area contributed by atoms with Crippen LogP contribution in [0, 0.1) is 5.41 Å². The molecule has 2 atom stereocenters. The summed E-state index contributed by atoms with van der Waals surface area (Å²) in [6.07, 6.45) is 2.54. The van der Waals surface area contributed by atoms with Gasteiger partial charge in [0.2, 0.25) is 0 Å². The summed E-state index contributed by atoms with van der Waals surface area (Å²) >= 11 is 0. The first-order chi connectivity index (χ1) is 8.96. The predicted octanol–water partition coefficient (Wildman–Crippen LogP) is 1.01. The molecule has 0 bridgehead atoms. The zero-order valence-corrected chi connectivity index (χ0v) is 11.6. The number of hydrogen-bond donors (Lipinski definition) is 1. The molecular weight excluding hydrogens is 248 g/mol. The van der Waals surface area contributed by atoms with E-state index < -0.39 is 11.4 Å². The molecule has 1 N–H and O–H groups in total. The predicted molar refractivity (Wildman–Crippen MR) is 68.9 cm³/mol. The van der Waals surface area contributed by atoms with E-state index in [0.29, 0.717) is 26.1 Å². The van der Waals surface area contributed by atoms with Crippen molar-refractivity contribution in [2.45, 2.75) is 32.3 Å². The van der Waals surface area contributed by atoms with Crippen LogP contribution in [0.25, 0.3) is 0 Å². The summed E-state index contributed by atoms with van der Waals surface area (Å²) < 4.78 is 5.31. The van der Waals surface area contributed by atoms with E-state index in [2.05, 4.69) is 0 Å². The number of carbonyl (C=O) groups excluding carboxylic acids is 1. The van der Waals surface area contributed by atoms with Crippen LogP contribution in [-0.4, -0.2) is 66.3 Å². The quantitative estimate of drug-likeness (QED) is 0.813. The van der Waals surface area contributed by atoms with Crippen molar-refractivity contribution in [3.8, 4) is 0 Å². The standard InChI is InChI=1S/C13H22N2O4/c1-13(11(16)17)5-7-15(9-13)12(18)14-6-3-4-10(8-14)19-2/h10H,3-9H2,1-2H3,(H,16,17). The van der Waals surface area contributed by atoms with Crippen molar-refractivity contribution >= 4 is 12.0 Å². The number of urea groups is 1. The number of rotatable bonds is 2. The first kappa shape index (κ1) is 14.1. The molecule has 0 aromatic rings. The number of likely N-dealkylation sites (tertiary alicyclic amines) is 2. The van der Waals surface area contributed by atoms with E-state index in [9.17, 15) is 14.7 Å². The number of aliphatic carboxylic acids is 1. The van der Waals surface area contributed by atoms with Crippen LogP contribution in [0.5, 0.6) is 0 Å². The summed E-state index contributed by atoms with van der Waals surface area (Å²) in [5.41, 5.74) is -0.799. The van der Waals surface area contributed by atoms with Crippen LogP contribution < -0.4 is 0 Å². The minimum atomic E-state index is -0.823. The molecular formula is C13H22N2O4. The SMILES string of the molecule is COC1CCCN(C(=O)N2CCC(C)(C(=O)O)C2)C1. The highest BCUT2D eigenvalue weighted by Gasteiger charge is 2.43. The molecule has 2 aliphatic heterocycles. The van der Waals surface area contributed by atoms with Gasteiger partial charge in [-0.2, -0.15) is 0 Å². The first-order valence-corrected chi connectivity index (χ1v) is 6.76. The highest BCUT2D eigenvalue weighted by atomic mass is 16.5. The molecule has 2 aliphatic rings. The van der Waals surface area contributed by atoms with Gasteiger partial charge in [0, 0.05) is 33.3 Å². The average Bonchev–Trinajstić information content (AvgIpc) is 2.82. The van der Waals surface area contributed by atoms with Crippen molar-refractivity contribution in [1.29, 1.82) is 0 Å². The van der Waals surface area contributed by atoms with Crippen molar-refractivity contribution in [2.75, 3.05) is 33.3 Å². The largest absolute Gasteiger partial charge is 0.481 e. The van der Waals surface area contributed by atoms with Crippen molar-refractivity contribution in [3.05, 3.63) is 0 Å². The molecule has 2 heterocycles. The summed E-state index contributed by atoms with van der Waals surface area (Å²) in [6.45, 7) is 3.87. The molecule has 0 aliphatic carbocycles. The molecule has 19 heavy (non-hydrogen) atoms. The molecule has 2 saturated heterocycles. The molecule has 6 heteroatoms. The number of carboxylic acids is 1. The van der Waals surface area contributed by atoms with Crippen LogP contribution in [0.2, 0.25) is 0 Å². The topological polar surface area (TPSA) is 70.1 Å². The van der Waals surface area contributed by atoms with Gasteiger partial charge in [0.25, 0.3) is 0 Å². The molecule has 2 unspecified atom stereocenters. The normalized spacial score (nSPS) is 31.6. The lowest BCUT2D eigenvalue weighted by Gasteiger charge is -2.34. The Morgan fingerprint density at radius 1 is 1.32 bits per heavy atom. The second-order valence-electron chi connectivity index (χ2n) is 5.77. The maximum Gasteiger partial charge on any atom is 0.320 e. The van der Waals surface area contributed by atoms with Gasteiger partial charge < -0.3 is 19.6 Å². The highest BCUT2D eigenvalue weighted by Crippen LogP contribution is 2.31. The van der Waals surface area contributed by atoms with E-state index in [1.807, 2.05) is 0 Å². The molecule has 2 fully saturated rings. The molecule has 2 rings (SSSR count). The number of hydrogen-bond acceptors (Lipinski definition) is 3. The number of piperidine rings is 1. The van der Waals surface area contributed by atoms with Crippen LogP contribution in [0.3, 0.4) is 0 Å². The van der Waals surface area contributed by atoms with E-state index in [4.69, 9.17) is 4.74 Å². The fourth-order valence-electron chi connectivity index (χ4n) is 2.80. The summed E-state index contributed by atoms with van der Waals surface area (Å²) in [5, 5.41) is 9.19. The Bertz CT molecular complexity index is 374. The number of carbonyl (C=O) groups is 2. The van der Waals surface area contributed by atoms with E-state index in [1.165, 1.54) is 0 Å². The van der Waals surface area contributed by atoms with Gasteiger partial charge in [0.15, 0.2) is 0 Å². The van der Waals surface area contributed by atoms with E-state index in [0.717, 1.165) is 19.4 Å². The molecule has 0 aromatic carbocycles. The summed E-state index contributed by atoms with van der Waals surface area (Å²) in [5.74, 6) is -0.823. The average molecular weight is 270 g/mol. The second-order valence-corrected chi connectivity index (χ2v) is 5.77. The van der Waals surface area contributed by atoms with Gasteiger partial charge in [-0.1, -0.05) is 0 Å². The summed E-state index contributed by atoms with van der Waals surface area (Å²) in [6, 6.07) is -0.0493. The molecule has 0 radical (unpaired) electrons. The van der Waals surface area contributed by atoms with E-state index in [1.54, 1.807) is 23.8 Å². The van der Waals surface area contributed by atoms with Crippen LogP contribution in [0.4, 0.5) is 4.79 Å². The third kappa shape index (κ3) is 2.83. The summed E-state index contributed by atoms with van der Waals surface area (Å²) in [4.78, 5) is 27.0. The van der Waals surface area contributed by atoms with Crippen molar-refractivity contribution in [3.63, 3.8) is 0 Å². The molecule has 0 spiro atoms. The maximum atomic E-state index is 12.4. The van der Waals surface area contributed by atoms with Crippen LogP contribution in [0.15, 0.2) is 0 Å². The second kappa shape index (κ2) is 5.36. The fraction of sp³-hybridized carbons (Fsp3) is 0.846. The molecule has 108 valence electrons. The van der Waals surface area contributed by atoms with Gasteiger partial charge in [-0.3, -0.25) is 4.79 Å². The lowest BCUT2D eigenvalue weighted by Crippen LogP contribution is -2.49. The van der Waals surface area contributed by atoms with Crippen molar-refractivity contribution in [2.24, 2.45) is 5.41 Å². The molecule has 0 saturated carbocycles.